The van der Waals surface area contributed by atoms with Gasteiger partial charge in [-0.25, -0.2) is 13.1 Å². The lowest BCUT2D eigenvalue weighted by Crippen LogP contribution is -2.43. The summed E-state index contributed by atoms with van der Waals surface area (Å²) in [5.74, 6) is -1.02. The highest BCUT2D eigenvalue weighted by Crippen LogP contribution is 2.12. The molecule has 1 aromatic rings. The van der Waals surface area contributed by atoms with Crippen molar-refractivity contribution < 1.29 is 23.4 Å². The van der Waals surface area contributed by atoms with Crippen LogP contribution in [0.1, 0.15) is 25.8 Å². The lowest BCUT2D eigenvalue weighted by molar-refractivity contribution is -0.138. The van der Waals surface area contributed by atoms with Crippen LogP contribution in [-0.4, -0.2) is 36.4 Å². The molecule has 0 fully saturated rings. The molecule has 0 amide bonds. The molecule has 3 N–H and O–H groups in total. The fourth-order valence-electron chi connectivity index (χ4n) is 1.71. The zero-order valence-corrected chi connectivity index (χ0v) is 12.9. The summed E-state index contributed by atoms with van der Waals surface area (Å²) in [7, 11) is -3.63. The minimum Gasteiger partial charge on any atom is -0.508 e. The molecule has 0 aliphatic carbocycles. The zero-order chi connectivity index (χ0) is 16.0. The fraction of sp³-hybridized carbons (Fsp3) is 0.500. The zero-order valence-electron chi connectivity index (χ0n) is 12.1. The summed E-state index contributed by atoms with van der Waals surface area (Å²) in [6, 6.07) is 4.77. The third-order valence-electron chi connectivity index (χ3n) is 2.96. The van der Waals surface area contributed by atoms with Gasteiger partial charge in [-0.15, -0.1) is 0 Å². The first-order valence-corrected chi connectivity index (χ1v) is 8.35. The van der Waals surface area contributed by atoms with Gasteiger partial charge in [0.2, 0.25) is 10.0 Å². The minimum atomic E-state index is -3.63. The van der Waals surface area contributed by atoms with Crippen molar-refractivity contribution in [2.75, 3.05) is 5.75 Å². The highest BCUT2D eigenvalue weighted by molar-refractivity contribution is 7.89. The summed E-state index contributed by atoms with van der Waals surface area (Å²) in [4.78, 5) is 11.2. The van der Waals surface area contributed by atoms with Gasteiger partial charge in [0, 0.05) is 0 Å². The Morgan fingerprint density at radius 1 is 1.24 bits per heavy atom. The average molecular weight is 315 g/mol. The lowest BCUT2D eigenvalue weighted by atomic mass is 10.1. The van der Waals surface area contributed by atoms with Gasteiger partial charge in [-0.1, -0.05) is 26.0 Å². The molecule has 1 unspecified atom stereocenters. The van der Waals surface area contributed by atoms with Gasteiger partial charge < -0.3 is 10.2 Å². The second kappa shape index (κ2) is 7.42. The van der Waals surface area contributed by atoms with Crippen LogP contribution in [0.3, 0.4) is 0 Å². The molecule has 0 heterocycles. The molecule has 0 aliphatic heterocycles. The lowest BCUT2D eigenvalue weighted by Gasteiger charge is -2.15. The second-order valence-electron chi connectivity index (χ2n) is 5.38. The van der Waals surface area contributed by atoms with Gasteiger partial charge in [-0.05, 0) is 36.5 Å². The van der Waals surface area contributed by atoms with Crippen molar-refractivity contribution >= 4 is 16.0 Å². The summed E-state index contributed by atoms with van der Waals surface area (Å²) >= 11 is 0. The highest BCUT2D eigenvalue weighted by Gasteiger charge is 2.24. The Bertz CT molecular complexity index is 566. The molecule has 0 aliphatic rings. The van der Waals surface area contributed by atoms with E-state index in [2.05, 4.69) is 4.72 Å². The molecule has 0 saturated heterocycles. The van der Waals surface area contributed by atoms with Crippen LogP contribution in [-0.2, 0) is 21.2 Å². The number of carboxylic acid groups (broad SMARTS) is 1. The van der Waals surface area contributed by atoms with E-state index in [1.807, 2.05) is 13.8 Å². The van der Waals surface area contributed by atoms with Gasteiger partial charge in [0.15, 0.2) is 0 Å². The maximum absolute atomic E-state index is 11.9. The molecule has 0 aromatic heterocycles. The predicted molar refractivity (Wildman–Crippen MR) is 79.6 cm³/mol. The average Bonchev–Trinajstić information content (AvgIpc) is 2.38. The van der Waals surface area contributed by atoms with Gasteiger partial charge >= 0.3 is 5.97 Å². The Balaban J connectivity index is 2.74. The molecule has 1 atom stereocenters. The maximum atomic E-state index is 11.9. The van der Waals surface area contributed by atoms with Crippen molar-refractivity contribution in [1.82, 2.24) is 4.72 Å². The van der Waals surface area contributed by atoms with Crippen molar-refractivity contribution in [3.63, 3.8) is 0 Å². The number of aromatic hydroxyl groups is 1. The highest BCUT2D eigenvalue weighted by atomic mass is 32.2. The van der Waals surface area contributed by atoms with E-state index in [0.29, 0.717) is 12.0 Å². The third kappa shape index (κ3) is 6.59. The standard InChI is InChI=1S/C14H21NO5S/c1-10(2)7-8-21(19,20)15-13(14(17)18)9-11-3-5-12(16)6-4-11/h3-6,10,13,15-16H,7-9H2,1-2H3,(H,17,18). The SMILES string of the molecule is CC(C)CCS(=O)(=O)NC(Cc1ccc(O)cc1)C(=O)O. The first kappa shape index (κ1) is 17.5. The van der Waals surface area contributed by atoms with Crippen molar-refractivity contribution in [2.24, 2.45) is 5.92 Å². The largest absolute Gasteiger partial charge is 0.508 e. The molecule has 118 valence electrons. The summed E-state index contributed by atoms with van der Waals surface area (Å²) in [6.07, 6.45) is 0.497. The number of hydrogen-bond acceptors (Lipinski definition) is 4. The summed E-state index contributed by atoms with van der Waals surface area (Å²) in [5, 5.41) is 18.3. The number of hydrogen-bond donors (Lipinski definition) is 3. The van der Waals surface area contributed by atoms with Gasteiger partial charge in [0.1, 0.15) is 11.8 Å². The summed E-state index contributed by atoms with van der Waals surface area (Å²) in [6.45, 7) is 3.81. The number of sulfonamides is 1. The Morgan fingerprint density at radius 3 is 2.29 bits per heavy atom. The van der Waals surface area contributed by atoms with E-state index in [1.165, 1.54) is 12.1 Å². The summed E-state index contributed by atoms with van der Waals surface area (Å²) in [5.41, 5.74) is 0.631. The molecule has 1 rings (SSSR count). The van der Waals surface area contributed by atoms with Crippen LogP contribution in [0.25, 0.3) is 0 Å². The first-order chi connectivity index (χ1) is 9.69. The van der Waals surface area contributed by atoms with E-state index in [4.69, 9.17) is 5.11 Å². The molecule has 0 saturated carbocycles. The number of phenols is 1. The van der Waals surface area contributed by atoms with E-state index in [1.54, 1.807) is 12.1 Å². The topological polar surface area (TPSA) is 104 Å². The number of carboxylic acids is 1. The van der Waals surface area contributed by atoms with E-state index >= 15 is 0 Å². The number of carbonyl (C=O) groups is 1. The minimum absolute atomic E-state index is 0.0243. The number of aliphatic carboxylic acids is 1. The smallest absolute Gasteiger partial charge is 0.322 e. The predicted octanol–water partition coefficient (Wildman–Crippen LogP) is 1.35. The molecular formula is C14H21NO5S. The Morgan fingerprint density at radius 2 is 1.81 bits per heavy atom. The van der Waals surface area contributed by atoms with E-state index in [-0.39, 0.29) is 23.8 Å². The molecule has 21 heavy (non-hydrogen) atoms. The van der Waals surface area contributed by atoms with Gasteiger partial charge in [-0.2, -0.15) is 0 Å². The van der Waals surface area contributed by atoms with Crippen LogP contribution >= 0.6 is 0 Å². The van der Waals surface area contributed by atoms with E-state index in [9.17, 15) is 18.3 Å². The summed E-state index contributed by atoms with van der Waals surface area (Å²) < 4.78 is 26.0. The number of nitrogens with one attached hydrogen (secondary N) is 1. The maximum Gasteiger partial charge on any atom is 0.322 e. The number of rotatable bonds is 8. The molecule has 0 radical (unpaired) electrons. The van der Waals surface area contributed by atoms with Crippen molar-refractivity contribution in [3.8, 4) is 5.75 Å². The number of phenolic OH excluding ortho intramolecular Hbond substituents is 1. The van der Waals surface area contributed by atoms with Crippen LogP contribution in [0, 0.1) is 5.92 Å². The van der Waals surface area contributed by atoms with Gasteiger partial charge in [0.25, 0.3) is 0 Å². The van der Waals surface area contributed by atoms with Crippen LogP contribution < -0.4 is 4.72 Å². The van der Waals surface area contributed by atoms with Crippen LogP contribution in [0.2, 0.25) is 0 Å². The molecule has 6 nitrogen and oxygen atoms in total. The van der Waals surface area contributed by atoms with Crippen LogP contribution in [0.4, 0.5) is 0 Å². The monoisotopic (exact) mass is 315 g/mol. The fourth-order valence-corrected chi connectivity index (χ4v) is 3.23. The third-order valence-corrected chi connectivity index (χ3v) is 4.38. The molecule has 0 bridgehead atoms. The van der Waals surface area contributed by atoms with Crippen molar-refractivity contribution in [2.45, 2.75) is 32.7 Å². The van der Waals surface area contributed by atoms with Gasteiger partial charge in [0.05, 0.1) is 5.75 Å². The van der Waals surface area contributed by atoms with E-state index in [0.717, 1.165) is 0 Å². The normalized spacial score (nSPS) is 13.3. The van der Waals surface area contributed by atoms with Crippen LogP contribution in [0.5, 0.6) is 5.75 Å². The Labute approximate surface area is 124 Å². The van der Waals surface area contributed by atoms with Crippen molar-refractivity contribution in [3.05, 3.63) is 29.8 Å². The molecule has 1 aromatic carbocycles. The van der Waals surface area contributed by atoms with E-state index < -0.39 is 22.0 Å². The second-order valence-corrected chi connectivity index (χ2v) is 7.25. The van der Waals surface area contributed by atoms with Crippen molar-refractivity contribution in [1.29, 1.82) is 0 Å². The number of benzene rings is 1. The quantitative estimate of drug-likeness (QED) is 0.672. The van der Waals surface area contributed by atoms with Gasteiger partial charge in [-0.3, -0.25) is 4.79 Å². The molecule has 0 spiro atoms. The molecular weight excluding hydrogens is 294 g/mol. The first-order valence-electron chi connectivity index (χ1n) is 6.70. The Kier molecular flexibility index (Phi) is 6.17. The molecule has 7 heteroatoms. The Hall–Kier alpha value is -1.60. The van der Waals surface area contributed by atoms with Crippen LogP contribution in [0.15, 0.2) is 24.3 Å².